The number of carbonyl (C=O) groups excluding carboxylic acids is 1. The topological polar surface area (TPSA) is 63.8 Å². The van der Waals surface area contributed by atoms with Crippen molar-refractivity contribution in [1.29, 1.82) is 0 Å². The number of nitrogens with zero attached hydrogens (tertiary/aromatic N) is 1. The van der Waals surface area contributed by atoms with E-state index < -0.39 is 0 Å². The van der Waals surface area contributed by atoms with E-state index in [1.54, 1.807) is 17.0 Å². The molecule has 1 fully saturated rings. The zero-order valence-corrected chi connectivity index (χ0v) is 20.2. The standard InChI is InChI=1S/C26H24Cl2N2O4/c1-16-11-19(27)20(28)12-24(16)32-10-9-30-13-17(33-15-25(30)31)14-34-23-8-4-7-22-26(23)18-5-2-3-6-21(18)29-22/h2-8,11-12,17,29H,9-10,13-15H2,1H3. The molecule has 0 spiro atoms. The highest BCUT2D eigenvalue weighted by molar-refractivity contribution is 6.42. The Morgan fingerprint density at radius 2 is 1.82 bits per heavy atom. The third-order valence-electron chi connectivity index (χ3n) is 5.97. The Kier molecular flexibility index (Phi) is 6.55. The van der Waals surface area contributed by atoms with E-state index >= 15 is 0 Å². The number of ether oxygens (including phenoxy) is 3. The van der Waals surface area contributed by atoms with Crippen molar-refractivity contribution in [2.24, 2.45) is 0 Å². The van der Waals surface area contributed by atoms with E-state index in [9.17, 15) is 4.79 Å². The first-order chi connectivity index (χ1) is 16.5. The Morgan fingerprint density at radius 1 is 1.03 bits per heavy atom. The normalized spacial score (nSPS) is 16.4. The molecule has 0 radical (unpaired) electrons. The second kappa shape index (κ2) is 9.74. The van der Waals surface area contributed by atoms with Crippen molar-refractivity contribution in [3.05, 3.63) is 70.2 Å². The molecule has 1 amide bonds. The largest absolute Gasteiger partial charge is 0.491 e. The Hall–Kier alpha value is -2.93. The van der Waals surface area contributed by atoms with Crippen molar-refractivity contribution in [3.63, 3.8) is 0 Å². The van der Waals surface area contributed by atoms with Crippen LogP contribution in [0, 0.1) is 6.92 Å². The zero-order chi connectivity index (χ0) is 23.7. The van der Waals surface area contributed by atoms with Crippen molar-refractivity contribution in [1.82, 2.24) is 9.88 Å². The number of hydrogen-bond donors (Lipinski definition) is 1. The van der Waals surface area contributed by atoms with Gasteiger partial charge in [-0.25, -0.2) is 0 Å². The lowest BCUT2D eigenvalue weighted by atomic mass is 10.1. The number of hydrogen-bond acceptors (Lipinski definition) is 4. The maximum Gasteiger partial charge on any atom is 0.248 e. The van der Waals surface area contributed by atoms with Crippen LogP contribution in [0.1, 0.15) is 5.56 Å². The highest BCUT2D eigenvalue weighted by Gasteiger charge is 2.27. The number of H-pyrrole nitrogens is 1. The monoisotopic (exact) mass is 498 g/mol. The molecule has 1 atom stereocenters. The predicted molar refractivity (Wildman–Crippen MR) is 134 cm³/mol. The lowest BCUT2D eigenvalue weighted by Crippen LogP contribution is -2.49. The van der Waals surface area contributed by atoms with E-state index in [0.29, 0.717) is 42.1 Å². The van der Waals surface area contributed by atoms with Gasteiger partial charge in [0.1, 0.15) is 37.4 Å². The average molecular weight is 499 g/mol. The van der Waals surface area contributed by atoms with Crippen LogP contribution < -0.4 is 9.47 Å². The Labute approximate surface area is 207 Å². The van der Waals surface area contributed by atoms with Gasteiger partial charge in [-0.1, -0.05) is 47.5 Å². The highest BCUT2D eigenvalue weighted by Crippen LogP contribution is 2.33. The summed E-state index contributed by atoms with van der Waals surface area (Å²) in [6, 6.07) is 17.6. The molecule has 6 nitrogen and oxygen atoms in total. The number of morpholine rings is 1. The first-order valence-corrected chi connectivity index (χ1v) is 11.9. The van der Waals surface area contributed by atoms with E-state index in [1.165, 1.54) is 0 Å². The van der Waals surface area contributed by atoms with Crippen molar-refractivity contribution in [2.75, 3.05) is 32.9 Å². The summed E-state index contributed by atoms with van der Waals surface area (Å²) in [5.74, 6) is 1.38. The van der Waals surface area contributed by atoms with Crippen LogP contribution in [-0.4, -0.2) is 54.8 Å². The summed E-state index contributed by atoms with van der Waals surface area (Å²) in [4.78, 5) is 17.5. The molecule has 1 saturated heterocycles. The van der Waals surface area contributed by atoms with Gasteiger partial charge in [-0.15, -0.1) is 0 Å². The first kappa shape index (κ1) is 22.8. The maximum atomic E-state index is 12.4. The minimum absolute atomic E-state index is 0.0249. The van der Waals surface area contributed by atoms with E-state index in [-0.39, 0.29) is 18.6 Å². The molecule has 5 rings (SSSR count). The fraction of sp³-hybridized carbons (Fsp3) is 0.269. The molecule has 2 heterocycles. The molecule has 8 heteroatoms. The molecule has 1 aromatic heterocycles. The lowest BCUT2D eigenvalue weighted by molar-refractivity contribution is -0.150. The number of fused-ring (bicyclic) bond motifs is 3. The summed E-state index contributed by atoms with van der Waals surface area (Å²) in [6.45, 7) is 3.49. The van der Waals surface area contributed by atoms with Crippen LogP contribution in [0.3, 0.4) is 0 Å². The minimum atomic E-state index is -0.232. The van der Waals surface area contributed by atoms with E-state index in [0.717, 1.165) is 33.1 Å². The van der Waals surface area contributed by atoms with Gasteiger partial charge in [-0.2, -0.15) is 0 Å². The summed E-state index contributed by atoms with van der Waals surface area (Å²) in [5.41, 5.74) is 2.98. The quantitative estimate of drug-likeness (QED) is 0.359. The second-order valence-electron chi connectivity index (χ2n) is 8.31. The molecule has 3 aromatic carbocycles. The van der Waals surface area contributed by atoms with Crippen LogP contribution in [0.15, 0.2) is 54.6 Å². The highest BCUT2D eigenvalue weighted by atomic mass is 35.5. The lowest BCUT2D eigenvalue weighted by Gasteiger charge is -2.32. The average Bonchev–Trinajstić information content (AvgIpc) is 3.22. The third-order valence-corrected chi connectivity index (χ3v) is 6.69. The molecular weight excluding hydrogens is 475 g/mol. The summed E-state index contributed by atoms with van der Waals surface area (Å²) in [5, 5.41) is 3.09. The van der Waals surface area contributed by atoms with Crippen molar-refractivity contribution < 1.29 is 19.0 Å². The van der Waals surface area contributed by atoms with E-state index in [2.05, 4.69) is 17.1 Å². The van der Waals surface area contributed by atoms with Gasteiger partial charge in [0.25, 0.3) is 0 Å². The van der Waals surface area contributed by atoms with Crippen molar-refractivity contribution >= 4 is 50.9 Å². The van der Waals surface area contributed by atoms with Crippen LogP contribution in [-0.2, 0) is 9.53 Å². The smallest absolute Gasteiger partial charge is 0.248 e. The number of nitrogens with one attached hydrogen (secondary N) is 1. The van der Waals surface area contributed by atoms with Crippen LogP contribution in [0.5, 0.6) is 11.5 Å². The fourth-order valence-corrected chi connectivity index (χ4v) is 4.59. The van der Waals surface area contributed by atoms with E-state index in [1.807, 2.05) is 37.3 Å². The van der Waals surface area contributed by atoms with Gasteiger partial charge < -0.3 is 24.1 Å². The van der Waals surface area contributed by atoms with Crippen LogP contribution >= 0.6 is 23.2 Å². The maximum absolute atomic E-state index is 12.4. The minimum Gasteiger partial charge on any atom is -0.491 e. The van der Waals surface area contributed by atoms with Gasteiger partial charge in [-0.3, -0.25) is 4.79 Å². The molecule has 34 heavy (non-hydrogen) atoms. The molecule has 0 bridgehead atoms. The zero-order valence-electron chi connectivity index (χ0n) is 18.6. The number of aromatic nitrogens is 1. The van der Waals surface area contributed by atoms with E-state index in [4.69, 9.17) is 37.4 Å². The number of rotatable bonds is 7. The van der Waals surface area contributed by atoms with Gasteiger partial charge >= 0.3 is 0 Å². The van der Waals surface area contributed by atoms with Gasteiger partial charge in [0.05, 0.1) is 28.7 Å². The fourth-order valence-electron chi connectivity index (χ4n) is 4.22. The molecule has 176 valence electrons. The van der Waals surface area contributed by atoms with Crippen molar-refractivity contribution in [3.8, 4) is 11.5 Å². The molecule has 4 aromatic rings. The molecule has 1 unspecified atom stereocenters. The molecule has 1 aliphatic heterocycles. The molecule has 1 N–H and O–H groups in total. The van der Waals surface area contributed by atoms with Gasteiger partial charge in [0.2, 0.25) is 5.91 Å². The van der Waals surface area contributed by atoms with Crippen molar-refractivity contribution in [2.45, 2.75) is 13.0 Å². The van der Waals surface area contributed by atoms with Crippen LogP contribution in [0.2, 0.25) is 10.0 Å². The van der Waals surface area contributed by atoms with Gasteiger partial charge in [0.15, 0.2) is 0 Å². The summed E-state index contributed by atoms with van der Waals surface area (Å²) in [7, 11) is 0. The first-order valence-electron chi connectivity index (χ1n) is 11.1. The summed E-state index contributed by atoms with van der Waals surface area (Å²) < 4.78 is 17.8. The SMILES string of the molecule is Cc1cc(Cl)c(Cl)cc1OCCN1CC(COc2cccc3[nH]c4ccccc4c23)OCC1=O. The molecular formula is C26H24Cl2N2O4. The number of benzene rings is 3. The second-order valence-corrected chi connectivity index (χ2v) is 9.13. The molecule has 1 aliphatic rings. The van der Waals surface area contributed by atoms with Gasteiger partial charge in [-0.05, 0) is 36.8 Å². The number of para-hydroxylation sites is 1. The third kappa shape index (κ3) is 4.67. The Bertz CT molecular complexity index is 1350. The number of aromatic amines is 1. The van der Waals surface area contributed by atoms with Crippen LogP contribution in [0.25, 0.3) is 21.8 Å². The number of carbonyl (C=O) groups is 1. The summed E-state index contributed by atoms with van der Waals surface area (Å²) >= 11 is 12.1. The van der Waals surface area contributed by atoms with Crippen LogP contribution in [0.4, 0.5) is 0 Å². The Balaban J connectivity index is 1.21. The number of aryl methyl sites for hydroxylation is 1. The summed E-state index contributed by atoms with van der Waals surface area (Å²) in [6.07, 6.45) is -0.232. The Morgan fingerprint density at radius 3 is 2.71 bits per heavy atom. The predicted octanol–water partition coefficient (Wildman–Crippen LogP) is 5.62. The molecule has 0 saturated carbocycles. The number of halogens is 2. The van der Waals surface area contributed by atoms with Gasteiger partial charge in [0, 0.05) is 22.4 Å². The molecule has 0 aliphatic carbocycles. The number of amides is 1.